The maximum Gasteiger partial charge on any atom is 0.226 e. The minimum atomic E-state index is 0.184. The summed E-state index contributed by atoms with van der Waals surface area (Å²) in [7, 11) is 1.77. The van der Waals surface area contributed by atoms with E-state index >= 15 is 0 Å². The predicted molar refractivity (Wildman–Crippen MR) is 87.4 cm³/mol. The van der Waals surface area contributed by atoms with Crippen LogP contribution >= 0.6 is 11.3 Å². The molecule has 1 saturated carbocycles. The summed E-state index contributed by atoms with van der Waals surface area (Å²) in [5.41, 5.74) is 1.25. The molecular formula is C17H27NO2S. The third kappa shape index (κ3) is 4.30. The Morgan fingerprint density at radius 1 is 1.43 bits per heavy atom. The van der Waals surface area contributed by atoms with Crippen LogP contribution in [0.2, 0.25) is 0 Å². The van der Waals surface area contributed by atoms with Crippen LogP contribution in [-0.2, 0) is 16.1 Å². The molecule has 0 radical (unpaired) electrons. The largest absolute Gasteiger partial charge is 0.381 e. The molecule has 0 aromatic carbocycles. The molecule has 1 fully saturated rings. The fourth-order valence-electron chi connectivity index (χ4n) is 3.03. The highest BCUT2D eigenvalue weighted by molar-refractivity contribution is 7.07. The zero-order valence-corrected chi connectivity index (χ0v) is 14.2. The van der Waals surface area contributed by atoms with Crippen molar-refractivity contribution >= 4 is 17.2 Å². The maximum absolute atomic E-state index is 12.9. The second kappa shape index (κ2) is 7.95. The average Bonchev–Trinajstić information content (AvgIpc) is 3.04. The lowest BCUT2D eigenvalue weighted by Crippen LogP contribution is -2.42. The Morgan fingerprint density at radius 3 is 2.67 bits per heavy atom. The van der Waals surface area contributed by atoms with Crippen molar-refractivity contribution in [3.63, 3.8) is 0 Å². The molecule has 1 aliphatic carbocycles. The van der Waals surface area contributed by atoms with E-state index in [4.69, 9.17) is 4.74 Å². The van der Waals surface area contributed by atoms with Crippen LogP contribution in [0.3, 0.4) is 0 Å². The molecule has 3 nitrogen and oxygen atoms in total. The number of methoxy groups -OCH3 is 1. The number of amides is 1. The zero-order valence-electron chi connectivity index (χ0n) is 13.4. The number of hydrogen-bond acceptors (Lipinski definition) is 3. The SMILES string of the molecule is CCC(C)N(Cc1ccsc1)C(=O)C1CCC(OC)CC1. The van der Waals surface area contributed by atoms with E-state index in [-0.39, 0.29) is 5.92 Å². The first kappa shape index (κ1) is 16.5. The normalized spacial score (nSPS) is 23.8. The Balaban J connectivity index is 2.00. The van der Waals surface area contributed by atoms with E-state index in [9.17, 15) is 4.79 Å². The van der Waals surface area contributed by atoms with Crippen molar-refractivity contribution in [1.82, 2.24) is 4.90 Å². The van der Waals surface area contributed by atoms with Gasteiger partial charge in [-0.1, -0.05) is 6.92 Å². The van der Waals surface area contributed by atoms with Gasteiger partial charge in [-0.25, -0.2) is 0 Å². The Labute approximate surface area is 132 Å². The van der Waals surface area contributed by atoms with Gasteiger partial charge < -0.3 is 9.64 Å². The second-order valence-electron chi connectivity index (χ2n) is 6.06. The molecule has 21 heavy (non-hydrogen) atoms. The molecule has 118 valence electrons. The summed E-state index contributed by atoms with van der Waals surface area (Å²) in [4.78, 5) is 15.0. The van der Waals surface area contributed by atoms with E-state index in [0.717, 1.165) is 38.6 Å². The van der Waals surface area contributed by atoms with Gasteiger partial charge in [-0.15, -0.1) is 0 Å². The van der Waals surface area contributed by atoms with Crippen LogP contribution in [0.1, 0.15) is 51.5 Å². The van der Waals surface area contributed by atoms with Gasteiger partial charge in [0.2, 0.25) is 5.91 Å². The molecule has 1 amide bonds. The van der Waals surface area contributed by atoms with Crippen molar-refractivity contribution in [1.29, 1.82) is 0 Å². The van der Waals surface area contributed by atoms with E-state index in [1.54, 1.807) is 18.4 Å². The summed E-state index contributed by atoms with van der Waals surface area (Å²) in [6, 6.07) is 2.42. The summed E-state index contributed by atoms with van der Waals surface area (Å²) >= 11 is 1.70. The molecule has 0 spiro atoms. The molecule has 0 bridgehead atoms. The van der Waals surface area contributed by atoms with Crippen molar-refractivity contribution in [2.24, 2.45) is 5.92 Å². The summed E-state index contributed by atoms with van der Waals surface area (Å²) in [6.45, 7) is 5.06. The summed E-state index contributed by atoms with van der Waals surface area (Å²) in [6.07, 6.45) is 5.31. The number of carbonyl (C=O) groups is 1. The third-order valence-corrected chi connectivity index (χ3v) is 5.43. The van der Waals surface area contributed by atoms with Crippen molar-refractivity contribution in [3.05, 3.63) is 22.4 Å². The molecule has 1 atom stereocenters. The van der Waals surface area contributed by atoms with Gasteiger partial charge in [0.1, 0.15) is 0 Å². The van der Waals surface area contributed by atoms with Crippen molar-refractivity contribution < 1.29 is 9.53 Å². The van der Waals surface area contributed by atoms with E-state index < -0.39 is 0 Å². The first-order valence-electron chi connectivity index (χ1n) is 8.00. The first-order chi connectivity index (χ1) is 10.2. The van der Waals surface area contributed by atoms with E-state index in [0.29, 0.717) is 18.1 Å². The molecule has 0 saturated heterocycles. The van der Waals surface area contributed by atoms with Gasteiger partial charge >= 0.3 is 0 Å². The van der Waals surface area contributed by atoms with Crippen LogP contribution < -0.4 is 0 Å². The molecule has 1 unspecified atom stereocenters. The Morgan fingerprint density at radius 2 is 2.14 bits per heavy atom. The highest BCUT2D eigenvalue weighted by Gasteiger charge is 2.31. The van der Waals surface area contributed by atoms with Crippen molar-refractivity contribution in [2.75, 3.05) is 7.11 Å². The maximum atomic E-state index is 12.9. The zero-order chi connectivity index (χ0) is 15.2. The summed E-state index contributed by atoms with van der Waals surface area (Å²) < 4.78 is 5.41. The fourth-order valence-corrected chi connectivity index (χ4v) is 3.69. The topological polar surface area (TPSA) is 29.5 Å². The van der Waals surface area contributed by atoms with Crippen LogP contribution in [0.15, 0.2) is 16.8 Å². The van der Waals surface area contributed by atoms with E-state index in [1.165, 1.54) is 5.56 Å². The lowest BCUT2D eigenvalue weighted by Gasteiger charge is -2.34. The highest BCUT2D eigenvalue weighted by Crippen LogP contribution is 2.29. The number of thiophene rings is 1. The molecular weight excluding hydrogens is 282 g/mol. The van der Waals surface area contributed by atoms with Gasteiger partial charge in [-0.05, 0) is 61.4 Å². The average molecular weight is 309 g/mol. The molecule has 0 N–H and O–H groups in total. The Kier molecular flexibility index (Phi) is 6.24. The van der Waals surface area contributed by atoms with Crippen LogP contribution in [-0.4, -0.2) is 30.1 Å². The van der Waals surface area contributed by atoms with Gasteiger partial charge in [-0.3, -0.25) is 4.79 Å². The lowest BCUT2D eigenvalue weighted by atomic mass is 9.86. The minimum absolute atomic E-state index is 0.184. The van der Waals surface area contributed by atoms with Gasteiger partial charge in [0.05, 0.1) is 6.10 Å². The number of carbonyl (C=O) groups excluding carboxylic acids is 1. The Hall–Kier alpha value is -0.870. The molecule has 1 aromatic heterocycles. The molecule has 1 heterocycles. The number of hydrogen-bond donors (Lipinski definition) is 0. The number of ether oxygens (including phenoxy) is 1. The van der Waals surface area contributed by atoms with Crippen LogP contribution in [0, 0.1) is 5.92 Å². The van der Waals surface area contributed by atoms with Crippen molar-refractivity contribution in [2.45, 2.75) is 64.6 Å². The molecule has 1 aromatic rings. The van der Waals surface area contributed by atoms with Crippen molar-refractivity contribution in [3.8, 4) is 0 Å². The lowest BCUT2D eigenvalue weighted by molar-refractivity contribution is -0.140. The number of rotatable bonds is 6. The number of nitrogens with zero attached hydrogens (tertiary/aromatic N) is 1. The predicted octanol–water partition coefficient (Wildman–Crippen LogP) is 4.08. The van der Waals surface area contributed by atoms with Crippen LogP contribution in [0.25, 0.3) is 0 Å². The highest BCUT2D eigenvalue weighted by atomic mass is 32.1. The third-order valence-electron chi connectivity index (χ3n) is 4.70. The fraction of sp³-hybridized carbons (Fsp3) is 0.706. The van der Waals surface area contributed by atoms with Crippen LogP contribution in [0.5, 0.6) is 0 Å². The van der Waals surface area contributed by atoms with E-state index in [2.05, 4.69) is 35.6 Å². The standard InChI is InChI=1S/C17H27NO2S/c1-4-13(2)18(11-14-9-10-21-12-14)17(19)15-5-7-16(20-3)8-6-15/h9-10,12-13,15-16H,4-8,11H2,1-3H3. The van der Waals surface area contributed by atoms with Crippen LogP contribution in [0.4, 0.5) is 0 Å². The molecule has 0 aliphatic heterocycles. The Bertz CT molecular complexity index is 424. The summed E-state index contributed by atoms with van der Waals surface area (Å²) in [5, 5.41) is 4.23. The second-order valence-corrected chi connectivity index (χ2v) is 6.84. The minimum Gasteiger partial charge on any atom is -0.381 e. The summed E-state index contributed by atoms with van der Waals surface area (Å²) in [5.74, 6) is 0.522. The van der Waals surface area contributed by atoms with Gasteiger partial charge in [0, 0.05) is 25.6 Å². The first-order valence-corrected chi connectivity index (χ1v) is 8.94. The van der Waals surface area contributed by atoms with Gasteiger partial charge in [-0.2, -0.15) is 11.3 Å². The molecule has 1 aliphatic rings. The molecule has 4 heteroatoms. The smallest absolute Gasteiger partial charge is 0.226 e. The van der Waals surface area contributed by atoms with E-state index in [1.807, 2.05) is 0 Å². The molecule has 2 rings (SSSR count). The van der Waals surface area contributed by atoms with Gasteiger partial charge in [0.25, 0.3) is 0 Å². The monoisotopic (exact) mass is 309 g/mol. The quantitative estimate of drug-likeness (QED) is 0.792. The van der Waals surface area contributed by atoms with Gasteiger partial charge in [0.15, 0.2) is 0 Å².